The average Bonchev–Trinajstić information content (AvgIpc) is 1.67. The van der Waals surface area contributed by atoms with Crippen LogP contribution in [0.5, 0.6) is 0 Å². The largest absolute Gasteiger partial charge is 0.369 e. The molecule has 0 aliphatic heterocycles. The fraction of sp³-hybridized carbons (Fsp3) is 0.667. The van der Waals surface area contributed by atoms with Crippen LogP contribution in [0.15, 0.2) is 12.3 Å². The lowest BCUT2D eigenvalue weighted by molar-refractivity contribution is 0.465. The van der Waals surface area contributed by atoms with E-state index in [-0.39, 0.29) is 0 Å². The molecule has 0 saturated heterocycles. The molecule has 8 heavy (non-hydrogen) atoms. The van der Waals surface area contributed by atoms with E-state index in [2.05, 4.69) is 47.7 Å². The summed E-state index contributed by atoms with van der Waals surface area (Å²) in [5.74, 6) is 0. The van der Waals surface area contributed by atoms with E-state index in [0.29, 0.717) is 4.05 Å². The topological polar surface area (TPSA) is 3.24 Å². The summed E-state index contributed by atoms with van der Waals surface area (Å²) in [5, 5.41) is 0. The zero-order chi connectivity index (χ0) is 6.57. The molecule has 1 atom stereocenters. The van der Waals surface area contributed by atoms with Crippen LogP contribution in [-0.4, -0.2) is 16.0 Å². The van der Waals surface area contributed by atoms with Gasteiger partial charge in [-0.15, -0.1) is 0 Å². The predicted molar refractivity (Wildman–Crippen MR) is 46.1 cm³/mol. The molecule has 1 nitrogen and oxygen atoms in total. The molecule has 1 unspecified atom stereocenters. The summed E-state index contributed by atoms with van der Waals surface area (Å²) >= 11 is 2.37. The lowest BCUT2D eigenvalue weighted by Gasteiger charge is -2.15. The van der Waals surface area contributed by atoms with Crippen LogP contribution >= 0.6 is 22.6 Å². The maximum absolute atomic E-state index is 2.37. The van der Waals surface area contributed by atoms with Gasteiger partial charge >= 0.3 is 0 Å². The second-order valence-corrected chi connectivity index (χ2v) is 3.52. The summed E-state index contributed by atoms with van der Waals surface area (Å²) in [6, 6.07) is 0. The van der Waals surface area contributed by atoms with Gasteiger partial charge in [0.2, 0.25) is 0 Å². The Kier molecular flexibility index (Phi) is 4.32. The predicted octanol–water partition coefficient (Wildman–Crippen LogP) is 2.23. The minimum Gasteiger partial charge on any atom is -0.369 e. The Bertz CT molecular complexity index is 78.6. The number of allylic oxidation sites excluding steroid dienone is 1. The molecule has 0 bridgehead atoms. The zero-order valence-corrected chi connectivity index (χ0v) is 7.71. The van der Waals surface area contributed by atoms with Crippen LogP contribution in [0.25, 0.3) is 0 Å². The normalized spacial score (nSPS) is 14.5. The first-order chi connectivity index (χ1) is 3.68. The van der Waals surface area contributed by atoms with Crippen LogP contribution in [0.3, 0.4) is 0 Å². The van der Waals surface area contributed by atoms with Gasteiger partial charge in [0.1, 0.15) is 0 Å². The van der Waals surface area contributed by atoms with Crippen LogP contribution in [0.4, 0.5) is 0 Å². The maximum atomic E-state index is 2.37. The number of alkyl halides is 1. The first-order valence-corrected chi connectivity index (χ1v) is 3.92. The lowest BCUT2D eigenvalue weighted by atomic mass is 10.6. The molecule has 0 saturated carbocycles. The summed E-state index contributed by atoms with van der Waals surface area (Å²) in [6.07, 6.45) is 4.10. The van der Waals surface area contributed by atoms with E-state index >= 15 is 0 Å². The molecule has 0 N–H and O–H groups in total. The van der Waals surface area contributed by atoms with E-state index in [1.54, 1.807) is 0 Å². The van der Waals surface area contributed by atoms with Gasteiger partial charge in [-0.2, -0.15) is 0 Å². The van der Waals surface area contributed by atoms with Crippen LogP contribution in [-0.2, 0) is 0 Å². The lowest BCUT2D eigenvalue weighted by Crippen LogP contribution is -2.16. The SMILES string of the molecule is C/C=C\N(C)C(C)I. The molecule has 0 amide bonds. The molecule has 0 fully saturated rings. The Morgan fingerprint density at radius 3 is 2.25 bits per heavy atom. The molecule has 0 rings (SSSR count). The maximum Gasteiger partial charge on any atom is 0.0772 e. The van der Waals surface area contributed by atoms with E-state index < -0.39 is 0 Å². The van der Waals surface area contributed by atoms with Gasteiger partial charge in [-0.05, 0) is 20.0 Å². The van der Waals surface area contributed by atoms with Gasteiger partial charge in [-0.25, -0.2) is 0 Å². The smallest absolute Gasteiger partial charge is 0.0772 e. The fourth-order valence-electron chi connectivity index (χ4n) is 0.354. The third-order valence-corrected chi connectivity index (χ3v) is 1.82. The number of hydrogen-bond donors (Lipinski definition) is 0. The molecular formula is C6H12IN. The van der Waals surface area contributed by atoms with Gasteiger partial charge in [0.25, 0.3) is 0 Å². The van der Waals surface area contributed by atoms with Crippen molar-refractivity contribution in [2.75, 3.05) is 7.05 Å². The molecule has 0 aliphatic carbocycles. The third kappa shape index (κ3) is 3.29. The molecule has 0 aromatic heterocycles. The van der Waals surface area contributed by atoms with Crippen LogP contribution < -0.4 is 0 Å². The molecule has 0 aromatic rings. The van der Waals surface area contributed by atoms with Crippen molar-refractivity contribution in [3.8, 4) is 0 Å². The van der Waals surface area contributed by atoms with Crippen molar-refractivity contribution >= 4 is 22.6 Å². The minimum absolute atomic E-state index is 0.587. The Morgan fingerprint density at radius 2 is 2.12 bits per heavy atom. The molecule has 48 valence electrons. The summed E-state index contributed by atoms with van der Waals surface area (Å²) in [4.78, 5) is 2.15. The van der Waals surface area contributed by atoms with Gasteiger partial charge < -0.3 is 4.90 Å². The summed E-state index contributed by atoms with van der Waals surface area (Å²) in [5.41, 5.74) is 0. The van der Waals surface area contributed by atoms with Crippen molar-refractivity contribution in [1.82, 2.24) is 4.90 Å². The molecule has 0 heterocycles. The third-order valence-electron chi connectivity index (χ3n) is 0.945. The van der Waals surface area contributed by atoms with Crippen molar-refractivity contribution in [2.24, 2.45) is 0 Å². The van der Waals surface area contributed by atoms with E-state index in [9.17, 15) is 0 Å². The van der Waals surface area contributed by atoms with Crippen molar-refractivity contribution in [1.29, 1.82) is 0 Å². The molecule has 0 radical (unpaired) electrons. The number of nitrogens with zero attached hydrogens (tertiary/aromatic N) is 1. The second kappa shape index (κ2) is 4.18. The van der Waals surface area contributed by atoms with E-state index in [1.165, 1.54) is 0 Å². The second-order valence-electron chi connectivity index (χ2n) is 1.72. The molecule has 0 aliphatic rings. The standard InChI is InChI=1S/C6H12IN/c1-4-5-8(3)6(2)7/h4-6H,1-3H3/b5-4-. The Labute approximate surface area is 64.9 Å². The molecule has 0 aromatic carbocycles. The first kappa shape index (κ1) is 8.27. The fourth-order valence-corrected chi connectivity index (χ4v) is 0.539. The van der Waals surface area contributed by atoms with Crippen LogP contribution in [0.1, 0.15) is 13.8 Å². The van der Waals surface area contributed by atoms with Crippen molar-refractivity contribution < 1.29 is 0 Å². The highest BCUT2D eigenvalue weighted by Gasteiger charge is 1.94. The van der Waals surface area contributed by atoms with Crippen molar-refractivity contribution in [2.45, 2.75) is 17.9 Å². The Hall–Kier alpha value is 0.270. The van der Waals surface area contributed by atoms with Crippen molar-refractivity contribution in [3.63, 3.8) is 0 Å². The number of halogens is 1. The van der Waals surface area contributed by atoms with E-state index in [4.69, 9.17) is 0 Å². The highest BCUT2D eigenvalue weighted by Crippen LogP contribution is 2.03. The van der Waals surface area contributed by atoms with E-state index in [1.807, 2.05) is 13.0 Å². The molecular weight excluding hydrogens is 213 g/mol. The quantitative estimate of drug-likeness (QED) is 0.395. The highest BCUT2D eigenvalue weighted by atomic mass is 127. The van der Waals surface area contributed by atoms with Gasteiger partial charge in [-0.1, -0.05) is 28.7 Å². The highest BCUT2D eigenvalue weighted by molar-refractivity contribution is 14.1. The first-order valence-electron chi connectivity index (χ1n) is 2.67. The Balaban J connectivity index is 3.47. The summed E-state index contributed by atoms with van der Waals surface area (Å²) < 4.78 is 0.587. The monoisotopic (exact) mass is 225 g/mol. The average molecular weight is 225 g/mol. The van der Waals surface area contributed by atoms with Crippen LogP contribution in [0, 0.1) is 0 Å². The van der Waals surface area contributed by atoms with Gasteiger partial charge in [0.05, 0.1) is 4.05 Å². The zero-order valence-electron chi connectivity index (χ0n) is 5.56. The Morgan fingerprint density at radius 1 is 1.62 bits per heavy atom. The van der Waals surface area contributed by atoms with Crippen molar-refractivity contribution in [3.05, 3.63) is 12.3 Å². The molecule has 2 heteroatoms. The van der Waals surface area contributed by atoms with Gasteiger partial charge in [0, 0.05) is 7.05 Å². The van der Waals surface area contributed by atoms with Gasteiger partial charge in [-0.3, -0.25) is 0 Å². The minimum atomic E-state index is 0.587. The summed E-state index contributed by atoms with van der Waals surface area (Å²) in [6.45, 7) is 4.18. The molecule has 0 spiro atoms. The summed E-state index contributed by atoms with van der Waals surface area (Å²) in [7, 11) is 2.07. The van der Waals surface area contributed by atoms with E-state index in [0.717, 1.165) is 0 Å². The van der Waals surface area contributed by atoms with Gasteiger partial charge in [0.15, 0.2) is 0 Å². The number of rotatable bonds is 2. The number of hydrogen-bond acceptors (Lipinski definition) is 1. The van der Waals surface area contributed by atoms with Crippen LogP contribution in [0.2, 0.25) is 0 Å².